The molecule has 5 N–H and O–H groups in total. The number of hydrogen-bond acceptors (Lipinski definition) is 7. The molecular formula is C28H30N2O6. The molecule has 0 saturated carbocycles. The number of rotatable bonds is 11. The maximum Gasteiger partial charge on any atom is 0.248 e. The molecule has 8 heteroatoms. The molecule has 0 aliphatic rings. The summed E-state index contributed by atoms with van der Waals surface area (Å²) in [6, 6.07) is 21.1. The number of fused-ring (bicyclic) bond motifs is 1. The van der Waals surface area contributed by atoms with Gasteiger partial charge in [-0.25, -0.2) is 0 Å². The first-order valence-electron chi connectivity index (χ1n) is 11.7. The Hall–Kier alpha value is -3.85. The maximum atomic E-state index is 11.6. The van der Waals surface area contributed by atoms with Crippen molar-refractivity contribution in [1.29, 1.82) is 0 Å². The van der Waals surface area contributed by atoms with Crippen molar-refractivity contribution in [3.8, 4) is 17.2 Å². The van der Waals surface area contributed by atoms with Crippen LogP contribution < -0.4 is 20.3 Å². The number of benzene rings is 3. The van der Waals surface area contributed by atoms with Crippen LogP contribution in [0.25, 0.3) is 10.9 Å². The lowest BCUT2D eigenvalue weighted by molar-refractivity contribution is 0.105. The molecule has 0 aliphatic heterocycles. The number of methoxy groups -OCH3 is 1. The highest BCUT2D eigenvalue weighted by Gasteiger charge is 2.15. The quantitative estimate of drug-likeness (QED) is 0.205. The molecule has 36 heavy (non-hydrogen) atoms. The Bertz CT molecular complexity index is 1350. The molecule has 0 bridgehead atoms. The molecule has 0 radical (unpaired) electrons. The number of H-pyrrole nitrogens is 1. The van der Waals surface area contributed by atoms with Gasteiger partial charge in [-0.15, -0.1) is 0 Å². The number of phenolic OH excluding ortho intramolecular Hbond substituents is 1. The van der Waals surface area contributed by atoms with E-state index in [2.05, 4.69) is 10.3 Å². The molecule has 0 spiro atoms. The number of aliphatic hydroxyl groups excluding tert-OH is 2. The highest BCUT2D eigenvalue weighted by Crippen LogP contribution is 2.28. The largest absolute Gasteiger partial charge is 0.506 e. The third kappa shape index (κ3) is 6.04. The van der Waals surface area contributed by atoms with E-state index in [0.717, 1.165) is 12.0 Å². The molecule has 1 heterocycles. The van der Waals surface area contributed by atoms with E-state index in [1.807, 2.05) is 42.5 Å². The zero-order valence-corrected chi connectivity index (χ0v) is 20.0. The van der Waals surface area contributed by atoms with Gasteiger partial charge in [-0.3, -0.25) is 4.79 Å². The standard InChI is InChI=1S/C28H30N2O6/c1-35-26-5-3-2-4-22(26)25(33)17-36-19-8-6-18(7-9-19)14-15-29-16-24(32)20-10-12-23(31)28-21(20)11-13-27(34)30-28/h2-13,24-25,29,31-33H,14-17H2,1H3,(H,30,34). The molecule has 1 aromatic heterocycles. The van der Waals surface area contributed by atoms with Crippen molar-refractivity contribution in [3.05, 3.63) is 99.8 Å². The van der Waals surface area contributed by atoms with Gasteiger partial charge in [-0.1, -0.05) is 36.4 Å². The van der Waals surface area contributed by atoms with Gasteiger partial charge in [0, 0.05) is 23.6 Å². The predicted molar refractivity (Wildman–Crippen MR) is 138 cm³/mol. The smallest absolute Gasteiger partial charge is 0.248 e. The minimum absolute atomic E-state index is 0.0339. The van der Waals surface area contributed by atoms with Crippen molar-refractivity contribution in [2.75, 3.05) is 26.8 Å². The fourth-order valence-electron chi connectivity index (χ4n) is 4.09. The summed E-state index contributed by atoms with van der Waals surface area (Å²) in [5.74, 6) is 1.25. The van der Waals surface area contributed by atoms with E-state index in [-0.39, 0.29) is 17.9 Å². The van der Waals surface area contributed by atoms with Crippen LogP contribution in [0.4, 0.5) is 0 Å². The fraction of sp³-hybridized carbons (Fsp3) is 0.250. The van der Waals surface area contributed by atoms with E-state index in [0.29, 0.717) is 46.6 Å². The number of aliphatic hydroxyl groups is 2. The van der Waals surface area contributed by atoms with E-state index in [1.165, 1.54) is 12.1 Å². The molecule has 4 aromatic rings. The van der Waals surface area contributed by atoms with Crippen LogP contribution in [0, 0.1) is 0 Å². The topological polar surface area (TPSA) is 124 Å². The molecule has 2 unspecified atom stereocenters. The van der Waals surface area contributed by atoms with Crippen molar-refractivity contribution in [3.63, 3.8) is 0 Å². The van der Waals surface area contributed by atoms with Crippen molar-refractivity contribution in [2.24, 2.45) is 0 Å². The number of aromatic amines is 1. The summed E-state index contributed by atoms with van der Waals surface area (Å²) in [5.41, 5.74) is 2.41. The van der Waals surface area contributed by atoms with Crippen molar-refractivity contribution < 1.29 is 24.8 Å². The average molecular weight is 491 g/mol. The summed E-state index contributed by atoms with van der Waals surface area (Å²) in [5, 5.41) is 34.9. The summed E-state index contributed by atoms with van der Waals surface area (Å²) in [6.07, 6.45) is -0.854. The van der Waals surface area contributed by atoms with Gasteiger partial charge in [0.25, 0.3) is 0 Å². The summed E-state index contributed by atoms with van der Waals surface area (Å²) in [6.45, 7) is 1.08. The van der Waals surface area contributed by atoms with Gasteiger partial charge < -0.3 is 35.1 Å². The van der Waals surface area contributed by atoms with E-state index in [1.54, 1.807) is 25.3 Å². The molecule has 188 valence electrons. The number of phenols is 1. The second-order valence-electron chi connectivity index (χ2n) is 8.47. The minimum atomic E-state index is -0.803. The van der Waals surface area contributed by atoms with E-state index >= 15 is 0 Å². The number of nitrogens with one attached hydrogen (secondary N) is 2. The number of aromatic hydroxyl groups is 1. The monoisotopic (exact) mass is 490 g/mol. The fourth-order valence-corrected chi connectivity index (χ4v) is 4.09. The van der Waals surface area contributed by atoms with Gasteiger partial charge in [0.2, 0.25) is 5.56 Å². The second-order valence-corrected chi connectivity index (χ2v) is 8.47. The lowest BCUT2D eigenvalue weighted by Gasteiger charge is -2.16. The second kappa shape index (κ2) is 11.7. The highest BCUT2D eigenvalue weighted by molar-refractivity contribution is 5.87. The number of para-hydroxylation sites is 1. The van der Waals surface area contributed by atoms with Gasteiger partial charge in [-0.2, -0.15) is 0 Å². The minimum Gasteiger partial charge on any atom is -0.506 e. The van der Waals surface area contributed by atoms with E-state index < -0.39 is 12.2 Å². The summed E-state index contributed by atoms with van der Waals surface area (Å²) in [7, 11) is 1.57. The Morgan fingerprint density at radius 3 is 2.47 bits per heavy atom. The molecule has 8 nitrogen and oxygen atoms in total. The predicted octanol–water partition coefficient (Wildman–Crippen LogP) is 3.22. The molecule has 0 fully saturated rings. The summed E-state index contributed by atoms with van der Waals surface area (Å²) < 4.78 is 11.0. The normalized spacial score (nSPS) is 12.9. The van der Waals surface area contributed by atoms with Crippen LogP contribution in [0.2, 0.25) is 0 Å². The zero-order valence-electron chi connectivity index (χ0n) is 20.0. The third-order valence-electron chi connectivity index (χ3n) is 6.02. The van der Waals surface area contributed by atoms with Crippen LogP contribution in [-0.4, -0.2) is 47.1 Å². The van der Waals surface area contributed by atoms with Crippen LogP contribution in [0.1, 0.15) is 28.9 Å². The Morgan fingerprint density at radius 2 is 1.69 bits per heavy atom. The maximum absolute atomic E-state index is 11.6. The number of aromatic nitrogens is 1. The molecular weight excluding hydrogens is 460 g/mol. The van der Waals surface area contributed by atoms with Crippen molar-refractivity contribution in [2.45, 2.75) is 18.6 Å². The van der Waals surface area contributed by atoms with Crippen LogP contribution in [0.15, 0.2) is 77.6 Å². The molecule has 4 rings (SSSR count). The first kappa shape index (κ1) is 25.2. The Balaban J connectivity index is 1.25. The lowest BCUT2D eigenvalue weighted by atomic mass is 10.0. The zero-order chi connectivity index (χ0) is 25.5. The van der Waals surface area contributed by atoms with Crippen LogP contribution >= 0.6 is 0 Å². The van der Waals surface area contributed by atoms with Gasteiger partial charge in [0.05, 0.1) is 18.7 Å². The van der Waals surface area contributed by atoms with Gasteiger partial charge in [0.1, 0.15) is 30.0 Å². The van der Waals surface area contributed by atoms with Crippen LogP contribution in [-0.2, 0) is 6.42 Å². The SMILES string of the molecule is COc1ccccc1C(O)COc1ccc(CCNCC(O)c2ccc(O)c3[nH]c(=O)ccc23)cc1. The van der Waals surface area contributed by atoms with E-state index in [9.17, 15) is 20.1 Å². The van der Waals surface area contributed by atoms with Crippen LogP contribution in [0.5, 0.6) is 17.2 Å². The molecule has 3 aromatic carbocycles. The Morgan fingerprint density at radius 1 is 0.917 bits per heavy atom. The highest BCUT2D eigenvalue weighted by atomic mass is 16.5. The van der Waals surface area contributed by atoms with Crippen LogP contribution in [0.3, 0.4) is 0 Å². The lowest BCUT2D eigenvalue weighted by Crippen LogP contribution is -2.24. The summed E-state index contributed by atoms with van der Waals surface area (Å²) >= 11 is 0. The first-order valence-corrected chi connectivity index (χ1v) is 11.7. The molecule has 0 aliphatic carbocycles. The first-order chi connectivity index (χ1) is 17.5. The van der Waals surface area contributed by atoms with E-state index in [4.69, 9.17) is 9.47 Å². The summed E-state index contributed by atoms with van der Waals surface area (Å²) in [4.78, 5) is 14.2. The number of ether oxygens (including phenoxy) is 2. The Kier molecular flexibility index (Phi) is 8.22. The molecule has 0 saturated heterocycles. The molecule has 0 amide bonds. The van der Waals surface area contributed by atoms with Crippen molar-refractivity contribution in [1.82, 2.24) is 10.3 Å². The number of pyridine rings is 1. The Labute approximate surface area is 208 Å². The van der Waals surface area contributed by atoms with Crippen molar-refractivity contribution >= 4 is 10.9 Å². The molecule has 2 atom stereocenters. The van der Waals surface area contributed by atoms with Gasteiger partial charge in [0.15, 0.2) is 0 Å². The number of hydrogen-bond donors (Lipinski definition) is 5. The van der Waals surface area contributed by atoms with Gasteiger partial charge in [-0.05, 0) is 54.4 Å². The third-order valence-corrected chi connectivity index (χ3v) is 6.02. The van der Waals surface area contributed by atoms with Gasteiger partial charge >= 0.3 is 0 Å². The average Bonchev–Trinajstić information content (AvgIpc) is 2.90.